The van der Waals surface area contributed by atoms with Gasteiger partial charge >= 0.3 is 0 Å². The van der Waals surface area contributed by atoms with Crippen LogP contribution < -0.4 is 10.6 Å². The van der Waals surface area contributed by atoms with Gasteiger partial charge in [-0.3, -0.25) is 4.98 Å². The molecule has 0 amide bonds. The molecule has 0 fully saturated rings. The number of aromatic nitrogens is 1. The second-order valence-electron chi connectivity index (χ2n) is 7.67. The van der Waals surface area contributed by atoms with E-state index in [1.165, 1.54) is 5.56 Å². The van der Waals surface area contributed by atoms with E-state index in [0.29, 0.717) is 17.8 Å². The molecule has 1 aromatic rings. The zero-order valence-electron chi connectivity index (χ0n) is 14.8. The van der Waals surface area contributed by atoms with Crippen molar-refractivity contribution in [1.82, 2.24) is 10.3 Å². The fraction of sp³-hybridized carbons (Fsp3) is 0.722. The summed E-state index contributed by atoms with van der Waals surface area (Å²) >= 11 is 0. The maximum atomic E-state index is 4.27. The van der Waals surface area contributed by atoms with Crippen LogP contribution in [0.1, 0.15) is 54.0 Å². The lowest BCUT2D eigenvalue weighted by atomic mass is 9.85. The van der Waals surface area contributed by atoms with E-state index in [-0.39, 0.29) is 5.54 Å². The molecule has 1 heterocycles. The van der Waals surface area contributed by atoms with Crippen LogP contribution in [-0.4, -0.2) is 17.1 Å². The number of hydrogen-bond acceptors (Lipinski definition) is 3. The van der Waals surface area contributed by atoms with Crippen LogP contribution in [0.3, 0.4) is 0 Å². The average molecular weight is 291 g/mol. The van der Waals surface area contributed by atoms with E-state index in [0.717, 1.165) is 18.8 Å². The lowest BCUT2D eigenvalue weighted by Crippen LogP contribution is -2.35. The highest BCUT2D eigenvalue weighted by atomic mass is 15.0. The molecule has 0 aliphatic rings. The number of hydrogen-bond donors (Lipinski definition) is 2. The standard InChI is InChI=1S/C18H33N3/c1-13(2)16(14(3)4)11-20-17-12-19-9-8-15(17)10-21-18(5,6)7/h8-9,12-14,16,20-21H,10-11H2,1-7H3. The second-order valence-corrected chi connectivity index (χ2v) is 7.67. The SMILES string of the molecule is CC(C)C(CNc1cnccc1CNC(C)(C)C)C(C)C. The van der Waals surface area contributed by atoms with E-state index in [9.17, 15) is 0 Å². The van der Waals surface area contributed by atoms with E-state index >= 15 is 0 Å². The largest absolute Gasteiger partial charge is 0.383 e. The molecule has 2 N–H and O–H groups in total. The molecule has 0 radical (unpaired) electrons. The van der Waals surface area contributed by atoms with Crippen LogP contribution >= 0.6 is 0 Å². The molecule has 3 heteroatoms. The van der Waals surface area contributed by atoms with Crippen molar-refractivity contribution in [3.05, 3.63) is 24.0 Å². The monoisotopic (exact) mass is 291 g/mol. The van der Waals surface area contributed by atoms with E-state index in [1.54, 1.807) is 0 Å². The maximum absolute atomic E-state index is 4.27. The molecule has 0 bridgehead atoms. The zero-order chi connectivity index (χ0) is 16.0. The van der Waals surface area contributed by atoms with Gasteiger partial charge in [-0.1, -0.05) is 27.7 Å². The second kappa shape index (κ2) is 7.79. The van der Waals surface area contributed by atoms with Gasteiger partial charge in [0, 0.05) is 24.8 Å². The Labute approximate surface area is 130 Å². The number of rotatable bonds is 7. The van der Waals surface area contributed by atoms with Crippen LogP contribution in [0.2, 0.25) is 0 Å². The molecule has 0 spiro atoms. The Balaban J connectivity index is 2.70. The van der Waals surface area contributed by atoms with E-state index in [2.05, 4.69) is 70.2 Å². The summed E-state index contributed by atoms with van der Waals surface area (Å²) in [5, 5.41) is 7.15. The molecule has 120 valence electrons. The summed E-state index contributed by atoms with van der Waals surface area (Å²) in [5.41, 5.74) is 2.56. The molecule has 0 saturated heterocycles. The maximum Gasteiger partial charge on any atom is 0.0572 e. The van der Waals surface area contributed by atoms with Gasteiger partial charge in [-0.2, -0.15) is 0 Å². The molecule has 21 heavy (non-hydrogen) atoms. The van der Waals surface area contributed by atoms with Gasteiger partial charge in [0.1, 0.15) is 0 Å². The average Bonchev–Trinajstić information content (AvgIpc) is 2.36. The third kappa shape index (κ3) is 6.47. The van der Waals surface area contributed by atoms with E-state index in [4.69, 9.17) is 0 Å². The van der Waals surface area contributed by atoms with Crippen molar-refractivity contribution in [3.63, 3.8) is 0 Å². The van der Waals surface area contributed by atoms with Crippen LogP contribution in [-0.2, 0) is 6.54 Å². The third-order valence-corrected chi connectivity index (χ3v) is 3.96. The van der Waals surface area contributed by atoms with Crippen LogP contribution in [0.15, 0.2) is 18.5 Å². The predicted molar refractivity (Wildman–Crippen MR) is 92.5 cm³/mol. The Kier molecular flexibility index (Phi) is 6.66. The van der Waals surface area contributed by atoms with Crippen molar-refractivity contribution in [2.45, 2.75) is 60.5 Å². The highest BCUT2D eigenvalue weighted by molar-refractivity contribution is 5.48. The van der Waals surface area contributed by atoms with Crippen molar-refractivity contribution in [3.8, 4) is 0 Å². The summed E-state index contributed by atoms with van der Waals surface area (Å²) < 4.78 is 0. The molecule has 0 aliphatic carbocycles. The van der Waals surface area contributed by atoms with Crippen LogP contribution in [0, 0.1) is 17.8 Å². The number of nitrogens with zero attached hydrogens (tertiary/aromatic N) is 1. The quantitative estimate of drug-likeness (QED) is 0.786. The van der Waals surface area contributed by atoms with Gasteiger partial charge in [-0.25, -0.2) is 0 Å². The Morgan fingerprint density at radius 3 is 2.24 bits per heavy atom. The molecule has 0 saturated carbocycles. The first kappa shape index (κ1) is 18.0. The fourth-order valence-corrected chi connectivity index (χ4v) is 2.57. The van der Waals surface area contributed by atoms with Crippen LogP contribution in [0.4, 0.5) is 5.69 Å². The Morgan fingerprint density at radius 1 is 1.10 bits per heavy atom. The Bertz CT molecular complexity index is 411. The third-order valence-electron chi connectivity index (χ3n) is 3.96. The summed E-state index contributed by atoms with van der Waals surface area (Å²) in [6.07, 6.45) is 3.81. The summed E-state index contributed by atoms with van der Waals surface area (Å²) in [4.78, 5) is 4.27. The van der Waals surface area contributed by atoms with Gasteiger partial charge in [0.2, 0.25) is 0 Å². The molecular weight excluding hydrogens is 258 g/mol. The lowest BCUT2D eigenvalue weighted by molar-refractivity contribution is 0.304. The molecule has 0 aromatic carbocycles. The van der Waals surface area contributed by atoms with Crippen molar-refractivity contribution in [2.75, 3.05) is 11.9 Å². The van der Waals surface area contributed by atoms with Crippen molar-refractivity contribution in [1.29, 1.82) is 0 Å². The highest BCUT2D eigenvalue weighted by Crippen LogP contribution is 2.22. The molecular formula is C18H33N3. The minimum atomic E-state index is 0.124. The van der Waals surface area contributed by atoms with Crippen LogP contribution in [0.5, 0.6) is 0 Å². The summed E-state index contributed by atoms with van der Waals surface area (Å²) in [6.45, 7) is 17.6. The Hall–Kier alpha value is -1.09. The van der Waals surface area contributed by atoms with Crippen molar-refractivity contribution < 1.29 is 0 Å². The number of nitrogens with one attached hydrogen (secondary N) is 2. The topological polar surface area (TPSA) is 37.0 Å². The van der Waals surface area contributed by atoms with Gasteiger partial charge < -0.3 is 10.6 Å². The fourth-order valence-electron chi connectivity index (χ4n) is 2.57. The molecule has 0 aliphatic heterocycles. The van der Waals surface area contributed by atoms with E-state index in [1.807, 2.05) is 12.4 Å². The van der Waals surface area contributed by atoms with Crippen molar-refractivity contribution in [2.24, 2.45) is 17.8 Å². The van der Waals surface area contributed by atoms with Gasteiger partial charge in [-0.15, -0.1) is 0 Å². The predicted octanol–water partition coefficient (Wildman–Crippen LogP) is 4.31. The molecule has 0 unspecified atom stereocenters. The van der Waals surface area contributed by atoms with Gasteiger partial charge in [0.15, 0.2) is 0 Å². The molecule has 0 atom stereocenters. The highest BCUT2D eigenvalue weighted by Gasteiger charge is 2.18. The van der Waals surface area contributed by atoms with Crippen LogP contribution in [0.25, 0.3) is 0 Å². The van der Waals surface area contributed by atoms with E-state index < -0.39 is 0 Å². The lowest BCUT2D eigenvalue weighted by Gasteiger charge is -2.26. The van der Waals surface area contributed by atoms with Gasteiger partial charge in [-0.05, 0) is 50.2 Å². The zero-order valence-corrected chi connectivity index (χ0v) is 14.8. The first-order valence-electron chi connectivity index (χ1n) is 8.12. The summed E-state index contributed by atoms with van der Waals surface area (Å²) in [7, 11) is 0. The number of anilines is 1. The normalized spacial score (nSPS) is 12.5. The first-order valence-corrected chi connectivity index (χ1v) is 8.12. The minimum absolute atomic E-state index is 0.124. The first-order chi connectivity index (χ1) is 9.70. The Morgan fingerprint density at radius 2 is 1.71 bits per heavy atom. The van der Waals surface area contributed by atoms with Crippen molar-refractivity contribution >= 4 is 5.69 Å². The smallest absolute Gasteiger partial charge is 0.0572 e. The molecule has 1 aromatic heterocycles. The molecule has 3 nitrogen and oxygen atoms in total. The molecule has 1 rings (SSSR count). The number of pyridine rings is 1. The van der Waals surface area contributed by atoms with Gasteiger partial charge in [0.05, 0.1) is 11.9 Å². The summed E-state index contributed by atoms with van der Waals surface area (Å²) in [5.74, 6) is 2.05. The summed E-state index contributed by atoms with van der Waals surface area (Å²) in [6, 6.07) is 2.10. The van der Waals surface area contributed by atoms with Gasteiger partial charge in [0.25, 0.3) is 0 Å². The minimum Gasteiger partial charge on any atom is -0.383 e.